The lowest BCUT2D eigenvalue weighted by Gasteiger charge is -2.39. The third kappa shape index (κ3) is 3.21. The van der Waals surface area contributed by atoms with E-state index < -0.39 is 28.6 Å². The van der Waals surface area contributed by atoms with Gasteiger partial charge in [0.1, 0.15) is 12.2 Å². The number of unbranched alkanes of at least 4 members (excludes halogenated alkanes) is 1. The maximum atomic E-state index is 12.6. The lowest BCUT2D eigenvalue weighted by atomic mass is 10.2. The van der Waals surface area contributed by atoms with Crippen LogP contribution in [0.15, 0.2) is 11.0 Å². The van der Waals surface area contributed by atoms with Gasteiger partial charge in [0, 0.05) is 26.4 Å². The number of ether oxygens (including phenoxy) is 1. The summed E-state index contributed by atoms with van der Waals surface area (Å²) in [5.41, 5.74) is -1.86. The average Bonchev–Trinajstić information content (AvgIpc) is 2.55. The average molecular weight is 339 g/mol. The van der Waals surface area contributed by atoms with Crippen LogP contribution in [0.1, 0.15) is 40.6 Å². The summed E-state index contributed by atoms with van der Waals surface area (Å²) < 4.78 is 6.26. The van der Waals surface area contributed by atoms with Crippen molar-refractivity contribution in [2.24, 2.45) is 0 Å². The van der Waals surface area contributed by atoms with Crippen molar-refractivity contribution in [3.63, 3.8) is 0 Å². The standard InChI is InChI=1S/C15H21N3O6/c1-3-4-5-17-9-16(6-7-24-2)14(21)11-13(20)12(19)10(15(22)23)8-18(11)17/h8,20H,3-7,9H2,1-2H3,(H,22,23). The Morgan fingerprint density at radius 3 is 2.62 bits per heavy atom. The number of carboxylic acids is 1. The van der Waals surface area contributed by atoms with Crippen LogP contribution >= 0.6 is 0 Å². The van der Waals surface area contributed by atoms with Crippen LogP contribution in [-0.4, -0.2) is 65.1 Å². The second-order valence-corrected chi connectivity index (χ2v) is 5.51. The van der Waals surface area contributed by atoms with Gasteiger partial charge in [0.05, 0.1) is 6.61 Å². The Bertz CT molecular complexity index is 699. The normalized spacial score (nSPS) is 14.0. The molecule has 0 radical (unpaired) electrons. The summed E-state index contributed by atoms with van der Waals surface area (Å²) in [5.74, 6) is -2.83. The van der Waals surface area contributed by atoms with Crippen molar-refractivity contribution in [2.75, 3.05) is 38.5 Å². The zero-order valence-corrected chi connectivity index (χ0v) is 13.7. The van der Waals surface area contributed by atoms with Crippen molar-refractivity contribution in [2.45, 2.75) is 19.8 Å². The van der Waals surface area contributed by atoms with Crippen LogP contribution in [0.4, 0.5) is 0 Å². The van der Waals surface area contributed by atoms with Crippen LogP contribution in [0.3, 0.4) is 0 Å². The highest BCUT2D eigenvalue weighted by Gasteiger charge is 2.33. The fourth-order valence-corrected chi connectivity index (χ4v) is 2.54. The lowest BCUT2D eigenvalue weighted by molar-refractivity contribution is 0.0615. The summed E-state index contributed by atoms with van der Waals surface area (Å²) in [6.45, 7) is 3.38. The van der Waals surface area contributed by atoms with Gasteiger partial charge in [-0.05, 0) is 6.42 Å². The number of nitrogens with zero attached hydrogens (tertiary/aromatic N) is 3. The highest BCUT2D eigenvalue weighted by atomic mass is 16.5. The van der Waals surface area contributed by atoms with E-state index in [1.165, 1.54) is 16.7 Å². The Hall–Kier alpha value is -2.55. The largest absolute Gasteiger partial charge is 0.502 e. The molecule has 1 amide bonds. The van der Waals surface area contributed by atoms with Crippen molar-refractivity contribution in [3.8, 4) is 5.75 Å². The monoisotopic (exact) mass is 339 g/mol. The lowest BCUT2D eigenvalue weighted by Crippen LogP contribution is -2.55. The van der Waals surface area contributed by atoms with E-state index in [1.54, 1.807) is 5.01 Å². The van der Waals surface area contributed by atoms with E-state index in [0.29, 0.717) is 19.7 Å². The predicted octanol–water partition coefficient (Wildman–Crippen LogP) is 0.0499. The molecule has 0 spiro atoms. The highest BCUT2D eigenvalue weighted by molar-refractivity contribution is 5.97. The number of hydrogen-bond donors (Lipinski definition) is 2. The van der Waals surface area contributed by atoms with Gasteiger partial charge in [0.25, 0.3) is 5.91 Å². The Morgan fingerprint density at radius 2 is 2.04 bits per heavy atom. The van der Waals surface area contributed by atoms with Crippen LogP contribution < -0.4 is 10.4 Å². The summed E-state index contributed by atoms with van der Waals surface area (Å²) in [4.78, 5) is 37.2. The smallest absolute Gasteiger partial charge is 0.341 e. The number of fused-ring (bicyclic) bond motifs is 1. The second-order valence-electron chi connectivity index (χ2n) is 5.51. The molecular formula is C15H21N3O6. The van der Waals surface area contributed by atoms with E-state index in [4.69, 9.17) is 9.84 Å². The molecule has 1 aromatic heterocycles. The molecule has 24 heavy (non-hydrogen) atoms. The maximum absolute atomic E-state index is 12.6. The van der Waals surface area contributed by atoms with Gasteiger partial charge in [-0.15, -0.1) is 0 Å². The van der Waals surface area contributed by atoms with Crippen molar-refractivity contribution in [3.05, 3.63) is 27.7 Å². The number of aromatic carboxylic acids is 1. The molecule has 0 bridgehead atoms. The Kier molecular flexibility index (Phi) is 5.45. The SMILES string of the molecule is CCCCN1CN(CCOC)C(=O)c2c(O)c(=O)c(C(=O)O)cn21. The Balaban J connectivity index is 2.55. The van der Waals surface area contributed by atoms with Gasteiger partial charge in [-0.3, -0.25) is 19.3 Å². The minimum Gasteiger partial charge on any atom is -0.502 e. The summed E-state index contributed by atoms with van der Waals surface area (Å²) >= 11 is 0. The molecule has 9 heteroatoms. The molecular weight excluding hydrogens is 318 g/mol. The van der Waals surface area contributed by atoms with Gasteiger partial charge in [-0.1, -0.05) is 13.3 Å². The molecule has 1 aromatic rings. The number of pyridine rings is 1. The quantitative estimate of drug-likeness (QED) is 0.722. The molecule has 0 unspecified atom stereocenters. The third-order valence-electron chi connectivity index (χ3n) is 3.86. The van der Waals surface area contributed by atoms with E-state index in [2.05, 4.69) is 0 Å². The van der Waals surface area contributed by atoms with Crippen LogP contribution in [-0.2, 0) is 4.74 Å². The first kappa shape index (κ1) is 17.8. The minimum absolute atomic E-state index is 0.219. The van der Waals surface area contributed by atoms with Crippen molar-refractivity contribution in [1.29, 1.82) is 0 Å². The van der Waals surface area contributed by atoms with E-state index in [0.717, 1.165) is 19.0 Å². The van der Waals surface area contributed by atoms with Crippen LogP contribution in [0.25, 0.3) is 0 Å². The molecule has 0 atom stereocenters. The molecule has 9 nitrogen and oxygen atoms in total. The summed E-state index contributed by atoms with van der Waals surface area (Å²) in [6.07, 6.45) is 2.80. The number of carboxylic acid groups (broad SMARTS) is 1. The van der Waals surface area contributed by atoms with Crippen molar-refractivity contribution < 1.29 is 24.5 Å². The fourth-order valence-electron chi connectivity index (χ4n) is 2.54. The minimum atomic E-state index is -1.45. The number of carbonyl (C=O) groups is 2. The van der Waals surface area contributed by atoms with Gasteiger partial charge in [0.2, 0.25) is 5.43 Å². The summed E-state index contributed by atoms with van der Waals surface area (Å²) in [7, 11) is 1.51. The second kappa shape index (κ2) is 7.35. The zero-order valence-electron chi connectivity index (χ0n) is 13.7. The molecule has 2 rings (SSSR count). The van der Waals surface area contributed by atoms with E-state index >= 15 is 0 Å². The summed E-state index contributed by atoms with van der Waals surface area (Å²) in [5, 5.41) is 21.0. The molecule has 132 valence electrons. The van der Waals surface area contributed by atoms with E-state index in [9.17, 15) is 19.5 Å². The molecule has 2 heterocycles. The number of carbonyl (C=O) groups excluding carboxylic acids is 1. The molecule has 0 saturated heterocycles. The number of aromatic hydroxyl groups is 1. The number of rotatable bonds is 7. The molecule has 0 fully saturated rings. The van der Waals surface area contributed by atoms with Crippen molar-refractivity contribution in [1.82, 2.24) is 9.58 Å². The van der Waals surface area contributed by atoms with Gasteiger partial charge < -0.3 is 19.8 Å². The predicted molar refractivity (Wildman–Crippen MR) is 85.1 cm³/mol. The molecule has 0 saturated carbocycles. The zero-order chi connectivity index (χ0) is 17.9. The molecule has 0 aliphatic carbocycles. The first-order chi connectivity index (χ1) is 11.4. The van der Waals surface area contributed by atoms with E-state index in [-0.39, 0.29) is 12.4 Å². The van der Waals surface area contributed by atoms with Gasteiger partial charge >= 0.3 is 5.97 Å². The first-order valence-electron chi connectivity index (χ1n) is 7.67. The Labute approximate surface area is 138 Å². The highest BCUT2D eigenvalue weighted by Crippen LogP contribution is 2.21. The number of aromatic nitrogens is 1. The number of methoxy groups -OCH3 is 1. The molecule has 1 aliphatic rings. The fraction of sp³-hybridized carbons (Fsp3) is 0.533. The van der Waals surface area contributed by atoms with Gasteiger partial charge in [-0.25, -0.2) is 4.79 Å². The molecule has 2 N–H and O–H groups in total. The van der Waals surface area contributed by atoms with Crippen molar-refractivity contribution >= 4 is 11.9 Å². The maximum Gasteiger partial charge on any atom is 0.341 e. The number of amides is 1. The molecule has 1 aliphatic heterocycles. The number of hydrogen-bond acceptors (Lipinski definition) is 6. The van der Waals surface area contributed by atoms with Crippen LogP contribution in [0.2, 0.25) is 0 Å². The van der Waals surface area contributed by atoms with Gasteiger partial charge in [-0.2, -0.15) is 0 Å². The topological polar surface area (TPSA) is 112 Å². The van der Waals surface area contributed by atoms with Crippen LogP contribution in [0, 0.1) is 0 Å². The third-order valence-corrected chi connectivity index (χ3v) is 3.86. The molecule has 0 aromatic carbocycles. The summed E-state index contributed by atoms with van der Waals surface area (Å²) in [6, 6.07) is 0. The first-order valence-corrected chi connectivity index (χ1v) is 7.67. The Morgan fingerprint density at radius 1 is 1.33 bits per heavy atom. The van der Waals surface area contributed by atoms with Gasteiger partial charge in [0.15, 0.2) is 11.4 Å². The van der Waals surface area contributed by atoms with E-state index in [1.807, 2.05) is 6.92 Å². The van der Waals surface area contributed by atoms with Crippen LogP contribution in [0.5, 0.6) is 5.75 Å².